The molecule has 0 saturated heterocycles. The van der Waals surface area contributed by atoms with Crippen LogP contribution in [0.15, 0.2) is 66.9 Å². The van der Waals surface area contributed by atoms with Crippen molar-refractivity contribution < 1.29 is 9.59 Å². The Morgan fingerprint density at radius 2 is 1.72 bits per heavy atom. The Balaban J connectivity index is 1.17. The first kappa shape index (κ1) is 22.6. The number of nitrogens with zero attached hydrogens (tertiary/aromatic N) is 4. The van der Waals surface area contributed by atoms with Crippen LogP contribution >= 0.6 is 0 Å². The second-order valence-electron chi connectivity index (χ2n) is 9.64. The van der Waals surface area contributed by atoms with Crippen molar-refractivity contribution in [2.24, 2.45) is 0 Å². The number of nitrogens with one attached hydrogen (secondary N) is 1. The summed E-state index contributed by atoms with van der Waals surface area (Å²) in [5, 5.41) is 0. The third-order valence-electron chi connectivity index (χ3n) is 7.35. The highest BCUT2D eigenvalue weighted by molar-refractivity contribution is 6.21. The number of carbonyl (C=O) groups is 2. The van der Waals surface area contributed by atoms with E-state index in [1.807, 2.05) is 30.5 Å². The van der Waals surface area contributed by atoms with Crippen molar-refractivity contribution >= 4 is 22.8 Å². The number of rotatable bonds is 8. The highest BCUT2D eigenvalue weighted by Crippen LogP contribution is 2.34. The second kappa shape index (κ2) is 9.66. The minimum absolute atomic E-state index is 0.180. The number of fused-ring (bicyclic) bond motifs is 3. The van der Waals surface area contributed by atoms with Gasteiger partial charge in [0.15, 0.2) is 0 Å². The maximum Gasteiger partial charge on any atom is 0.261 e. The quantitative estimate of drug-likeness (QED) is 0.287. The van der Waals surface area contributed by atoms with Crippen LogP contribution in [-0.4, -0.2) is 49.7 Å². The van der Waals surface area contributed by atoms with Crippen molar-refractivity contribution in [3.63, 3.8) is 0 Å². The van der Waals surface area contributed by atoms with Gasteiger partial charge in [0.2, 0.25) is 0 Å². The molecule has 2 aliphatic rings. The minimum atomic E-state index is -0.180. The summed E-state index contributed by atoms with van der Waals surface area (Å²) < 4.78 is 0. The van der Waals surface area contributed by atoms with Gasteiger partial charge in [-0.1, -0.05) is 30.3 Å². The lowest BCUT2D eigenvalue weighted by molar-refractivity contribution is 0.0648. The van der Waals surface area contributed by atoms with Crippen molar-refractivity contribution in [2.45, 2.75) is 44.7 Å². The van der Waals surface area contributed by atoms with Crippen LogP contribution < -0.4 is 0 Å². The number of imide groups is 1. The van der Waals surface area contributed by atoms with Crippen LogP contribution in [0.3, 0.4) is 0 Å². The molecule has 2 aromatic heterocycles. The Labute approximate surface area is 210 Å². The van der Waals surface area contributed by atoms with E-state index in [1.54, 1.807) is 24.3 Å². The van der Waals surface area contributed by atoms with Gasteiger partial charge in [0.1, 0.15) is 5.82 Å². The lowest BCUT2D eigenvalue weighted by Crippen LogP contribution is -2.34. The molecule has 0 spiro atoms. The summed E-state index contributed by atoms with van der Waals surface area (Å²) >= 11 is 0. The zero-order chi connectivity index (χ0) is 24.5. The predicted molar refractivity (Wildman–Crippen MR) is 137 cm³/mol. The molecule has 1 aliphatic heterocycles. The molecule has 1 N–H and O–H groups in total. The molecule has 1 unspecified atom stereocenters. The molecule has 0 saturated carbocycles. The molecule has 4 aromatic rings. The number of pyridine rings is 1. The van der Waals surface area contributed by atoms with Gasteiger partial charge in [-0.05, 0) is 74.5 Å². The van der Waals surface area contributed by atoms with E-state index in [1.165, 1.54) is 16.2 Å². The number of H-pyrrole nitrogens is 1. The lowest BCUT2D eigenvalue weighted by atomic mass is 9.90. The third-order valence-corrected chi connectivity index (χ3v) is 7.35. The van der Waals surface area contributed by atoms with Crippen LogP contribution in [0, 0.1) is 0 Å². The van der Waals surface area contributed by atoms with E-state index >= 15 is 0 Å². The fraction of sp³-hybridized carbons (Fsp3) is 0.310. The minimum Gasteiger partial charge on any atom is -0.341 e. The molecule has 6 rings (SSSR count). The molecule has 7 nitrogen and oxygen atoms in total. The lowest BCUT2D eigenvalue weighted by Gasteiger charge is -2.34. The molecule has 0 bridgehead atoms. The first-order valence-electron chi connectivity index (χ1n) is 12.8. The normalized spacial score (nSPS) is 17.1. The molecule has 0 fully saturated rings. The topological polar surface area (TPSA) is 82.2 Å². The Hall–Kier alpha value is -3.84. The number of unbranched alkanes of at least 4 members (excludes halogenated alkanes) is 1. The van der Waals surface area contributed by atoms with E-state index < -0.39 is 0 Å². The maximum absolute atomic E-state index is 12.7. The van der Waals surface area contributed by atoms with E-state index in [2.05, 4.69) is 22.0 Å². The molecular weight excluding hydrogens is 450 g/mol. The highest BCUT2D eigenvalue weighted by Gasteiger charge is 2.34. The van der Waals surface area contributed by atoms with Crippen molar-refractivity contribution in [1.82, 2.24) is 24.8 Å². The number of hydrogen-bond acceptors (Lipinski definition) is 5. The first-order valence-corrected chi connectivity index (χ1v) is 12.8. The summed E-state index contributed by atoms with van der Waals surface area (Å²) in [5.41, 5.74) is 5.54. The van der Waals surface area contributed by atoms with Gasteiger partial charge < -0.3 is 4.98 Å². The average Bonchev–Trinajstić information content (AvgIpc) is 3.44. The number of aromatic amines is 1. The Morgan fingerprint density at radius 1 is 0.944 bits per heavy atom. The third kappa shape index (κ3) is 4.20. The molecule has 2 amide bonds. The van der Waals surface area contributed by atoms with Gasteiger partial charge in [0.25, 0.3) is 11.8 Å². The number of aryl methyl sites for hydroxylation is 1. The number of aromatic nitrogens is 3. The van der Waals surface area contributed by atoms with E-state index in [9.17, 15) is 9.59 Å². The standard InChI is InChI=1S/C29H29N5O2/c35-28-21-11-1-2-12-22(21)29(36)34(28)18-6-5-17-33(19-26-31-23-13-3-4-14-24(23)32-26)25-15-7-9-20-10-8-16-30-27(20)25/h1-4,8,10-14,16,25H,5-7,9,15,17-19H2,(H,31,32). The van der Waals surface area contributed by atoms with Gasteiger partial charge in [0, 0.05) is 12.7 Å². The van der Waals surface area contributed by atoms with Crippen molar-refractivity contribution in [3.8, 4) is 0 Å². The number of hydrogen-bond donors (Lipinski definition) is 1. The molecule has 1 aliphatic carbocycles. The van der Waals surface area contributed by atoms with Gasteiger partial charge in [-0.2, -0.15) is 0 Å². The number of benzene rings is 2. The molecule has 1 atom stereocenters. The fourth-order valence-electron chi connectivity index (χ4n) is 5.59. The summed E-state index contributed by atoms with van der Waals surface area (Å²) in [7, 11) is 0. The van der Waals surface area contributed by atoms with Gasteiger partial charge in [-0.3, -0.25) is 24.4 Å². The SMILES string of the molecule is O=C1c2ccccc2C(=O)N1CCCCN(Cc1nc2ccccc2[nH]1)C1CCCc2cccnc21. The zero-order valence-corrected chi connectivity index (χ0v) is 20.2. The number of amides is 2. The summed E-state index contributed by atoms with van der Waals surface area (Å²) in [6.45, 7) is 1.97. The molecule has 36 heavy (non-hydrogen) atoms. The summed E-state index contributed by atoms with van der Waals surface area (Å²) in [6.07, 6.45) is 6.77. The molecular formula is C29H29N5O2. The Bertz CT molecular complexity index is 1360. The van der Waals surface area contributed by atoms with Gasteiger partial charge >= 0.3 is 0 Å². The van der Waals surface area contributed by atoms with Crippen LogP contribution in [0.4, 0.5) is 0 Å². The molecule has 182 valence electrons. The predicted octanol–water partition coefficient (Wildman–Crippen LogP) is 4.91. The summed E-state index contributed by atoms with van der Waals surface area (Å²) in [5.74, 6) is 0.583. The summed E-state index contributed by atoms with van der Waals surface area (Å²) in [4.78, 5) is 42.4. The smallest absolute Gasteiger partial charge is 0.261 e. The highest BCUT2D eigenvalue weighted by atomic mass is 16.2. The van der Waals surface area contributed by atoms with E-state index in [0.717, 1.165) is 55.5 Å². The number of imidazole rings is 1. The van der Waals surface area contributed by atoms with Crippen LogP contribution in [-0.2, 0) is 13.0 Å². The maximum atomic E-state index is 12.7. The Morgan fingerprint density at radius 3 is 2.53 bits per heavy atom. The second-order valence-corrected chi connectivity index (χ2v) is 9.64. The van der Waals surface area contributed by atoms with E-state index in [4.69, 9.17) is 9.97 Å². The average molecular weight is 480 g/mol. The van der Waals surface area contributed by atoms with E-state index in [-0.39, 0.29) is 17.9 Å². The Kier molecular flexibility index (Phi) is 6.07. The van der Waals surface area contributed by atoms with Crippen LogP contribution in [0.5, 0.6) is 0 Å². The molecule has 3 heterocycles. The largest absolute Gasteiger partial charge is 0.341 e. The van der Waals surface area contributed by atoms with Crippen LogP contribution in [0.25, 0.3) is 11.0 Å². The molecule has 7 heteroatoms. The van der Waals surface area contributed by atoms with Crippen molar-refractivity contribution in [3.05, 3.63) is 95.1 Å². The monoisotopic (exact) mass is 479 g/mol. The van der Waals surface area contributed by atoms with Crippen molar-refractivity contribution in [2.75, 3.05) is 13.1 Å². The molecule has 2 aromatic carbocycles. The number of para-hydroxylation sites is 2. The zero-order valence-electron chi connectivity index (χ0n) is 20.2. The first-order chi connectivity index (χ1) is 17.7. The number of carbonyl (C=O) groups excluding carboxylic acids is 2. The molecule has 0 radical (unpaired) electrons. The van der Waals surface area contributed by atoms with Gasteiger partial charge in [-0.25, -0.2) is 4.98 Å². The van der Waals surface area contributed by atoms with Gasteiger partial charge in [-0.15, -0.1) is 0 Å². The van der Waals surface area contributed by atoms with Crippen LogP contribution in [0.2, 0.25) is 0 Å². The fourth-order valence-corrected chi connectivity index (χ4v) is 5.59. The van der Waals surface area contributed by atoms with Gasteiger partial charge in [0.05, 0.1) is 40.4 Å². The van der Waals surface area contributed by atoms with Crippen molar-refractivity contribution in [1.29, 1.82) is 0 Å². The van der Waals surface area contributed by atoms with Crippen LogP contribution in [0.1, 0.15) is 69.5 Å². The van der Waals surface area contributed by atoms with E-state index in [0.29, 0.717) is 24.2 Å². The summed E-state index contributed by atoms with van der Waals surface area (Å²) in [6, 6.07) is 19.6.